The predicted molar refractivity (Wildman–Crippen MR) is 118 cm³/mol. The Labute approximate surface area is 186 Å². The van der Waals surface area contributed by atoms with Crippen LogP contribution in [0.2, 0.25) is 0 Å². The SMILES string of the molecule is CC(=CCC1OC(=O)C=C1C)CCC1C(C)(O)CC(O)C2C(C)(CO)C(O)CCC12C. The van der Waals surface area contributed by atoms with E-state index in [9.17, 15) is 25.2 Å². The smallest absolute Gasteiger partial charge is 0.331 e. The summed E-state index contributed by atoms with van der Waals surface area (Å²) in [5, 5.41) is 43.1. The fourth-order valence-corrected chi connectivity index (χ4v) is 6.96. The zero-order valence-corrected chi connectivity index (χ0v) is 19.6. The third-order valence-electron chi connectivity index (χ3n) is 8.65. The summed E-state index contributed by atoms with van der Waals surface area (Å²) in [6.07, 6.45) is 5.71. The van der Waals surface area contributed by atoms with Crippen LogP contribution >= 0.6 is 0 Å². The Morgan fingerprint density at radius 3 is 2.55 bits per heavy atom. The first kappa shape index (κ1) is 24.4. The summed E-state index contributed by atoms with van der Waals surface area (Å²) < 4.78 is 5.30. The molecule has 6 nitrogen and oxygen atoms in total. The average molecular weight is 437 g/mol. The van der Waals surface area contributed by atoms with Gasteiger partial charge in [0.15, 0.2) is 0 Å². The third kappa shape index (κ3) is 4.37. The van der Waals surface area contributed by atoms with Gasteiger partial charge in [-0.2, -0.15) is 0 Å². The first-order valence-electron chi connectivity index (χ1n) is 11.6. The van der Waals surface area contributed by atoms with Gasteiger partial charge in [0, 0.05) is 30.3 Å². The molecule has 4 N–H and O–H groups in total. The van der Waals surface area contributed by atoms with E-state index in [1.165, 1.54) is 11.6 Å². The van der Waals surface area contributed by atoms with Gasteiger partial charge in [0.1, 0.15) is 6.10 Å². The molecule has 0 bridgehead atoms. The number of aliphatic hydroxyl groups excluding tert-OH is 3. The number of allylic oxidation sites excluding steroid dienone is 1. The summed E-state index contributed by atoms with van der Waals surface area (Å²) >= 11 is 0. The van der Waals surface area contributed by atoms with Crippen LogP contribution in [0, 0.1) is 22.7 Å². The quantitative estimate of drug-likeness (QED) is 0.377. The number of hydrogen-bond acceptors (Lipinski definition) is 6. The minimum atomic E-state index is -1.02. The van der Waals surface area contributed by atoms with Crippen molar-refractivity contribution >= 4 is 5.97 Å². The van der Waals surface area contributed by atoms with Crippen molar-refractivity contribution in [1.82, 2.24) is 0 Å². The number of carbonyl (C=O) groups is 1. The lowest BCUT2D eigenvalue weighted by Crippen LogP contribution is -2.66. The van der Waals surface area contributed by atoms with Crippen molar-refractivity contribution < 1.29 is 30.0 Å². The minimum Gasteiger partial charge on any atom is -0.454 e. The summed E-state index contributed by atoms with van der Waals surface area (Å²) in [5.74, 6) is -0.634. The summed E-state index contributed by atoms with van der Waals surface area (Å²) in [5.41, 5.74) is -0.0822. The molecule has 0 amide bonds. The molecule has 2 aliphatic carbocycles. The van der Waals surface area contributed by atoms with Crippen LogP contribution in [-0.4, -0.2) is 56.9 Å². The van der Waals surface area contributed by atoms with Gasteiger partial charge in [0.25, 0.3) is 0 Å². The molecule has 176 valence electrons. The van der Waals surface area contributed by atoms with Crippen molar-refractivity contribution in [1.29, 1.82) is 0 Å². The molecule has 6 heteroatoms. The fraction of sp³-hybridized carbons (Fsp3) is 0.800. The highest BCUT2D eigenvalue weighted by Gasteiger charge is 2.64. The highest BCUT2D eigenvalue weighted by atomic mass is 16.5. The van der Waals surface area contributed by atoms with Crippen LogP contribution in [0.25, 0.3) is 0 Å². The van der Waals surface area contributed by atoms with E-state index < -0.39 is 28.6 Å². The van der Waals surface area contributed by atoms with Gasteiger partial charge < -0.3 is 25.2 Å². The number of ether oxygens (including phenoxy) is 1. The second-order valence-electron chi connectivity index (χ2n) is 11.0. The molecule has 0 aromatic heterocycles. The second kappa shape index (κ2) is 8.62. The molecular formula is C25H40O6. The van der Waals surface area contributed by atoms with E-state index in [4.69, 9.17) is 4.74 Å². The van der Waals surface area contributed by atoms with E-state index in [0.29, 0.717) is 19.3 Å². The summed E-state index contributed by atoms with van der Waals surface area (Å²) in [4.78, 5) is 11.4. The van der Waals surface area contributed by atoms with Crippen molar-refractivity contribution in [3.05, 3.63) is 23.3 Å². The number of esters is 1. The topological polar surface area (TPSA) is 107 Å². The average Bonchev–Trinajstić information content (AvgIpc) is 2.99. The predicted octanol–water partition coefficient (Wildman–Crippen LogP) is 2.88. The number of cyclic esters (lactones) is 1. The minimum absolute atomic E-state index is 0.0685. The number of rotatable bonds is 6. The molecule has 2 fully saturated rings. The normalized spacial score (nSPS) is 45.8. The first-order chi connectivity index (χ1) is 14.3. The Balaban J connectivity index is 1.76. The molecule has 3 rings (SSSR count). The molecule has 2 saturated carbocycles. The van der Waals surface area contributed by atoms with Crippen LogP contribution in [0.3, 0.4) is 0 Å². The van der Waals surface area contributed by atoms with E-state index in [2.05, 4.69) is 19.9 Å². The highest BCUT2D eigenvalue weighted by Crippen LogP contribution is 2.63. The van der Waals surface area contributed by atoms with Gasteiger partial charge in [-0.1, -0.05) is 25.5 Å². The van der Waals surface area contributed by atoms with E-state index in [0.717, 1.165) is 18.4 Å². The van der Waals surface area contributed by atoms with E-state index in [-0.39, 0.29) is 36.9 Å². The van der Waals surface area contributed by atoms with Crippen molar-refractivity contribution in [2.75, 3.05) is 6.61 Å². The number of hydrogen-bond donors (Lipinski definition) is 4. The van der Waals surface area contributed by atoms with Gasteiger partial charge in [0.05, 0.1) is 24.4 Å². The van der Waals surface area contributed by atoms with Crippen LogP contribution in [0.5, 0.6) is 0 Å². The lowest BCUT2D eigenvalue weighted by atomic mass is 9.43. The number of carbonyl (C=O) groups excluding carboxylic acids is 1. The zero-order valence-electron chi connectivity index (χ0n) is 19.6. The maximum absolute atomic E-state index is 11.4. The Morgan fingerprint density at radius 1 is 1.29 bits per heavy atom. The van der Waals surface area contributed by atoms with E-state index in [1.54, 1.807) is 0 Å². The zero-order chi connectivity index (χ0) is 23.2. The fourth-order valence-electron chi connectivity index (χ4n) is 6.96. The van der Waals surface area contributed by atoms with Crippen molar-refractivity contribution in [2.45, 2.75) is 97.1 Å². The molecule has 1 aliphatic heterocycles. The maximum atomic E-state index is 11.4. The largest absolute Gasteiger partial charge is 0.454 e. The summed E-state index contributed by atoms with van der Waals surface area (Å²) in [6, 6.07) is 0. The van der Waals surface area contributed by atoms with Crippen LogP contribution in [0.1, 0.15) is 73.1 Å². The van der Waals surface area contributed by atoms with Crippen molar-refractivity contribution in [3.63, 3.8) is 0 Å². The van der Waals surface area contributed by atoms with Crippen molar-refractivity contribution in [3.8, 4) is 0 Å². The van der Waals surface area contributed by atoms with Gasteiger partial charge in [-0.3, -0.25) is 0 Å². The molecular weight excluding hydrogens is 396 g/mol. The molecule has 0 radical (unpaired) electrons. The molecule has 8 atom stereocenters. The number of aliphatic hydroxyl groups is 4. The second-order valence-corrected chi connectivity index (χ2v) is 11.0. The molecule has 3 aliphatic rings. The lowest BCUT2D eigenvalue weighted by Gasteiger charge is -2.64. The summed E-state index contributed by atoms with van der Waals surface area (Å²) in [6.45, 7) is 9.57. The molecule has 0 spiro atoms. The standard InChI is InChI=1S/C25H40O6/c1-15(6-8-18-16(2)12-21(29)31-18)7-9-19-23(3)11-10-20(28)24(4,14-26)22(23)17(27)13-25(19,5)30/h6,12,17-20,22,26-28,30H,7-11,13-14H2,1-5H3. The lowest BCUT2D eigenvalue weighted by molar-refractivity contribution is -0.246. The Morgan fingerprint density at radius 2 is 1.97 bits per heavy atom. The van der Waals surface area contributed by atoms with Gasteiger partial charge in [-0.05, 0) is 63.4 Å². The van der Waals surface area contributed by atoms with Gasteiger partial charge >= 0.3 is 5.97 Å². The highest BCUT2D eigenvalue weighted by molar-refractivity contribution is 5.85. The van der Waals surface area contributed by atoms with Gasteiger partial charge in [0.2, 0.25) is 0 Å². The summed E-state index contributed by atoms with van der Waals surface area (Å²) in [7, 11) is 0. The molecule has 8 unspecified atom stereocenters. The maximum Gasteiger partial charge on any atom is 0.331 e. The van der Waals surface area contributed by atoms with Gasteiger partial charge in [-0.15, -0.1) is 0 Å². The number of fused-ring (bicyclic) bond motifs is 1. The van der Waals surface area contributed by atoms with Crippen LogP contribution < -0.4 is 0 Å². The first-order valence-corrected chi connectivity index (χ1v) is 11.6. The molecule has 0 aromatic carbocycles. The molecule has 1 heterocycles. The Kier molecular flexibility index (Phi) is 6.79. The van der Waals surface area contributed by atoms with Crippen molar-refractivity contribution in [2.24, 2.45) is 22.7 Å². The van der Waals surface area contributed by atoms with Gasteiger partial charge in [-0.25, -0.2) is 4.79 Å². The van der Waals surface area contributed by atoms with E-state index in [1.807, 2.05) is 20.8 Å². The van der Waals surface area contributed by atoms with Crippen LogP contribution in [0.4, 0.5) is 0 Å². The van der Waals surface area contributed by atoms with Crippen LogP contribution in [0.15, 0.2) is 23.3 Å². The molecule has 0 saturated heterocycles. The molecule has 0 aromatic rings. The van der Waals surface area contributed by atoms with E-state index >= 15 is 0 Å². The Bertz CT molecular complexity index is 755. The molecule has 31 heavy (non-hydrogen) atoms. The van der Waals surface area contributed by atoms with Crippen LogP contribution in [-0.2, 0) is 9.53 Å². The third-order valence-corrected chi connectivity index (χ3v) is 8.65. The monoisotopic (exact) mass is 436 g/mol. The Hall–Kier alpha value is -1.21.